The Hall–Kier alpha value is -4.17. The van der Waals surface area contributed by atoms with E-state index in [2.05, 4.69) is 10.0 Å². The molecule has 7 nitrogen and oxygen atoms in total. The highest BCUT2D eigenvalue weighted by molar-refractivity contribution is 7.90. The summed E-state index contributed by atoms with van der Waals surface area (Å²) in [6, 6.07) is 27.0. The van der Waals surface area contributed by atoms with Gasteiger partial charge in [-0.15, -0.1) is 0 Å². The topological polar surface area (TPSA) is 102 Å². The Bertz CT molecular complexity index is 1570. The van der Waals surface area contributed by atoms with E-state index in [4.69, 9.17) is 4.74 Å². The fourth-order valence-corrected chi connectivity index (χ4v) is 5.57. The van der Waals surface area contributed by atoms with E-state index in [9.17, 15) is 18.0 Å². The monoisotopic (exact) mass is 558 g/mol. The fourth-order valence-electron chi connectivity index (χ4n) is 4.55. The first-order valence-electron chi connectivity index (χ1n) is 13.3. The summed E-state index contributed by atoms with van der Waals surface area (Å²) >= 11 is 0. The van der Waals surface area contributed by atoms with Crippen LogP contribution in [0.4, 0.5) is 0 Å². The zero-order valence-electron chi connectivity index (χ0n) is 22.7. The molecule has 0 fully saturated rings. The van der Waals surface area contributed by atoms with E-state index in [-0.39, 0.29) is 10.8 Å². The van der Waals surface area contributed by atoms with E-state index in [1.807, 2.05) is 49.4 Å². The largest absolute Gasteiger partial charge is 0.497 e. The highest BCUT2D eigenvalue weighted by Gasteiger charge is 2.26. The number of unbranched alkanes of at least 4 members (excludes halogenated alkanes) is 2. The molecule has 0 aliphatic carbocycles. The first-order valence-corrected chi connectivity index (χ1v) is 14.8. The number of rotatable bonds is 12. The lowest BCUT2D eigenvalue weighted by Gasteiger charge is -2.18. The van der Waals surface area contributed by atoms with Gasteiger partial charge in [0.15, 0.2) is 0 Å². The minimum Gasteiger partial charge on any atom is -0.497 e. The number of ether oxygens (including phenoxy) is 1. The van der Waals surface area contributed by atoms with Crippen molar-refractivity contribution in [2.24, 2.45) is 0 Å². The minimum atomic E-state index is -4.01. The number of amides is 2. The highest BCUT2D eigenvalue weighted by Crippen LogP contribution is 2.27. The Morgan fingerprint density at radius 1 is 0.825 bits per heavy atom. The predicted octanol–water partition coefficient (Wildman–Crippen LogP) is 5.74. The number of methoxy groups -OCH3 is 1. The molecular formula is C32H34N2O5S. The van der Waals surface area contributed by atoms with Gasteiger partial charge in [-0.2, -0.15) is 0 Å². The number of sulfonamides is 1. The Labute approximate surface area is 235 Å². The molecule has 1 atom stereocenters. The van der Waals surface area contributed by atoms with Crippen LogP contribution in [0.25, 0.3) is 10.8 Å². The molecule has 0 heterocycles. The summed E-state index contributed by atoms with van der Waals surface area (Å²) < 4.78 is 33.3. The predicted molar refractivity (Wildman–Crippen MR) is 157 cm³/mol. The van der Waals surface area contributed by atoms with Gasteiger partial charge in [-0.3, -0.25) is 9.59 Å². The van der Waals surface area contributed by atoms with Crippen molar-refractivity contribution in [2.75, 3.05) is 13.7 Å². The second-order valence-electron chi connectivity index (χ2n) is 9.78. The van der Waals surface area contributed by atoms with Crippen LogP contribution in [-0.2, 0) is 14.8 Å². The number of aryl methyl sites for hydroxylation is 1. The molecule has 0 saturated carbocycles. The van der Waals surface area contributed by atoms with Gasteiger partial charge in [0, 0.05) is 12.1 Å². The average Bonchev–Trinajstić information content (AvgIpc) is 2.96. The number of nitrogens with one attached hydrogen (secondary N) is 2. The summed E-state index contributed by atoms with van der Waals surface area (Å²) in [5.74, 6) is -0.659. The van der Waals surface area contributed by atoms with Crippen LogP contribution in [-0.4, -0.2) is 33.9 Å². The van der Waals surface area contributed by atoms with Gasteiger partial charge in [-0.05, 0) is 72.5 Å². The maximum atomic E-state index is 13.4. The molecule has 0 saturated heterocycles. The van der Waals surface area contributed by atoms with Gasteiger partial charge in [0.1, 0.15) is 5.75 Å². The van der Waals surface area contributed by atoms with Crippen molar-refractivity contribution in [2.45, 2.75) is 43.4 Å². The molecule has 4 rings (SSSR count). The lowest BCUT2D eigenvalue weighted by molar-refractivity contribution is -0.121. The molecule has 4 aromatic rings. The maximum absolute atomic E-state index is 13.4. The first kappa shape index (κ1) is 28.8. The van der Waals surface area contributed by atoms with Crippen molar-refractivity contribution in [3.8, 4) is 5.75 Å². The van der Waals surface area contributed by atoms with E-state index in [0.717, 1.165) is 34.7 Å². The van der Waals surface area contributed by atoms with Crippen molar-refractivity contribution in [3.05, 3.63) is 108 Å². The molecule has 0 spiro atoms. The summed E-state index contributed by atoms with van der Waals surface area (Å²) in [4.78, 5) is 25.8. The molecule has 8 heteroatoms. The molecule has 2 N–H and O–H groups in total. The molecular weight excluding hydrogens is 524 g/mol. The van der Waals surface area contributed by atoms with Gasteiger partial charge in [-0.25, -0.2) is 13.1 Å². The van der Waals surface area contributed by atoms with E-state index in [1.165, 1.54) is 12.1 Å². The zero-order valence-corrected chi connectivity index (χ0v) is 23.5. The normalized spacial score (nSPS) is 12.1. The van der Waals surface area contributed by atoms with E-state index >= 15 is 0 Å². The third-order valence-electron chi connectivity index (χ3n) is 6.87. The van der Waals surface area contributed by atoms with Gasteiger partial charge in [0.05, 0.1) is 17.9 Å². The van der Waals surface area contributed by atoms with Crippen molar-refractivity contribution in [1.82, 2.24) is 10.0 Å². The molecule has 208 valence electrons. The number of hydrogen-bond donors (Lipinski definition) is 2. The van der Waals surface area contributed by atoms with E-state index < -0.39 is 21.8 Å². The van der Waals surface area contributed by atoms with Crippen LogP contribution >= 0.6 is 0 Å². The third-order valence-corrected chi connectivity index (χ3v) is 8.23. The van der Waals surface area contributed by atoms with Gasteiger partial charge >= 0.3 is 0 Å². The Balaban J connectivity index is 1.39. The van der Waals surface area contributed by atoms with Crippen LogP contribution < -0.4 is 14.8 Å². The van der Waals surface area contributed by atoms with Gasteiger partial charge < -0.3 is 10.1 Å². The highest BCUT2D eigenvalue weighted by atomic mass is 32.2. The molecule has 4 aromatic carbocycles. The lowest BCUT2D eigenvalue weighted by atomic mass is 9.91. The number of carbonyl (C=O) groups is 2. The number of hydrogen-bond acceptors (Lipinski definition) is 5. The second-order valence-corrected chi connectivity index (χ2v) is 11.5. The van der Waals surface area contributed by atoms with Crippen LogP contribution in [0.3, 0.4) is 0 Å². The first-order chi connectivity index (χ1) is 19.3. The van der Waals surface area contributed by atoms with Gasteiger partial charge in [-0.1, -0.05) is 73.0 Å². The summed E-state index contributed by atoms with van der Waals surface area (Å²) in [5.41, 5.74) is 2.26. The van der Waals surface area contributed by atoms with Crippen molar-refractivity contribution < 1.29 is 22.7 Å². The molecule has 0 aliphatic heterocycles. The summed E-state index contributed by atoms with van der Waals surface area (Å²) in [6.45, 7) is 2.37. The molecule has 40 heavy (non-hydrogen) atoms. The zero-order chi connectivity index (χ0) is 28.5. The molecule has 2 amide bonds. The standard InChI is InChI=1S/C32H34N2O5S/c1-23-11-19-29(20-12-23)40(37,38)34-32(36)30(27-14-13-24-8-5-6-9-26(24)22-27)10-4-3-7-21-33-31(35)25-15-17-28(39-2)18-16-25/h5-6,8-9,11-20,22,30H,3-4,7,10,21H2,1-2H3,(H,33,35)(H,34,36). The summed E-state index contributed by atoms with van der Waals surface area (Å²) in [6.07, 6.45) is 2.66. The van der Waals surface area contributed by atoms with Crippen LogP contribution in [0.2, 0.25) is 0 Å². The molecule has 0 bridgehead atoms. The number of carbonyl (C=O) groups excluding carboxylic acids is 2. The fraction of sp³-hybridized carbons (Fsp3) is 0.250. The van der Waals surface area contributed by atoms with Gasteiger partial charge in [0.25, 0.3) is 15.9 Å². The Morgan fingerprint density at radius 3 is 2.23 bits per heavy atom. The summed E-state index contributed by atoms with van der Waals surface area (Å²) in [7, 11) is -2.43. The van der Waals surface area contributed by atoms with Crippen LogP contribution in [0.5, 0.6) is 5.75 Å². The lowest BCUT2D eigenvalue weighted by Crippen LogP contribution is -2.34. The van der Waals surface area contributed by atoms with Crippen LogP contribution in [0.15, 0.2) is 95.9 Å². The smallest absolute Gasteiger partial charge is 0.264 e. The maximum Gasteiger partial charge on any atom is 0.264 e. The van der Waals surface area contributed by atoms with E-state index in [0.29, 0.717) is 30.7 Å². The SMILES string of the molecule is COc1ccc(C(=O)NCCCCCC(C(=O)NS(=O)(=O)c2ccc(C)cc2)c2ccc3ccccc3c2)cc1. The van der Waals surface area contributed by atoms with Crippen LogP contribution in [0, 0.1) is 6.92 Å². The third kappa shape index (κ3) is 7.48. The minimum absolute atomic E-state index is 0.0521. The molecule has 0 aromatic heterocycles. The average molecular weight is 559 g/mol. The van der Waals surface area contributed by atoms with Crippen molar-refractivity contribution in [1.29, 1.82) is 0 Å². The van der Waals surface area contributed by atoms with Gasteiger partial charge in [0.2, 0.25) is 5.91 Å². The Morgan fingerprint density at radius 2 is 1.52 bits per heavy atom. The summed E-state index contributed by atoms with van der Waals surface area (Å²) in [5, 5.41) is 4.95. The molecule has 0 radical (unpaired) electrons. The van der Waals surface area contributed by atoms with Crippen molar-refractivity contribution in [3.63, 3.8) is 0 Å². The quantitative estimate of drug-likeness (QED) is 0.216. The molecule has 1 unspecified atom stereocenters. The van der Waals surface area contributed by atoms with Crippen molar-refractivity contribution >= 4 is 32.6 Å². The number of fused-ring (bicyclic) bond motifs is 1. The second kappa shape index (κ2) is 13.3. The number of benzene rings is 4. The van der Waals surface area contributed by atoms with Crippen LogP contribution in [0.1, 0.15) is 53.1 Å². The Kier molecular flexibility index (Phi) is 9.56. The van der Waals surface area contributed by atoms with E-state index in [1.54, 1.807) is 43.5 Å². The molecule has 0 aliphatic rings.